The Kier molecular flexibility index (Phi) is 4.94. The standard InChI is InChI=1S/C17H15NO3/c1-2-20-17(19)15-7-4-8-16(10-15)21-12-14-6-3-5-13(9-14)11-18/h3-10H,2,12H2,1H3. The summed E-state index contributed by atoms with van der Waals surface area (Å²) >= 11 is 0. The van der Waals surface area contributed by atoms with E-state index in [0.717, 1.165) is 5.56 Å². The van der Waals surface area contributed by atoms with Gasteiger partial charge in [-0.15, -0.1) is 0 Å². The Morgan fingerprint density at radius 2 is 2.00 bits per heavy atom. The third-order valence-electron chi connectivity index (χ3n) is 2.81. The fourth-order valence-electron chi connectivity index (χ4n) is 1.82. The number of rotatable bonds is 5. The molecule has 0 radical (unpaired) electrons. The lowest BCUT2D eigenvalue weighted by atomic mass is 10.1. The maximum absolute atomic E-state index is 11.6. The van der Waals surface area contributed by atoms with Crippen molar-refractivity contribution in [2.24, 2.45) is 0 Å². The molecule has 4 nitrogen and oxygen atoms in total. The van der Waals surface area contributed by atoms with Gasteiger partial charge in [0.25, 0.3) is 0 Å². The molecule has 0 aliphatic carbocycles. The van der Waals surface area contributed by atoms with E-state index < -0.39 is 0 Å². The zero-order valence-electron chi connectivity index (χ0n) is 11.7. The number of carbonyl (C=O) groups is 1. The fourth-order valence-corrected chi connectivity index (χ4v) is 1.82. The van der Waals surface area contributed by atoms with E-state index in [1.54, 1.807) is 43.3 Å². The van der Waals surface area contributed by atoms with Crippen LogP contribution in [0.2, 0.25) is 0 Å². The number of hydrogen-bond acceptors (Lipinski definition) is 4. The zero-order chi connectivity index (χ0) is 15.1. The molecule has 0 aromatic heterocycles. The van der Waals surface area contributed by atoms with Crippen molar-refractivity contribution >= 4 is 5.97 Å². The molecule has 0 amide bonds. The highest BCUT2D eigenvalue weighted by atomic mass is 16.5. The lowest BCUT2D eigenvalue weighted by Gasteiger charge is -2.08. The summed E-state index contributed by atoms with van der Waals surface area (Å²) in [6.45, 7) is 2.44. The minimum atomic E-state index is -0.366. The van der Waals surface area contributed by atoms with Gasteiger partial charge in [-0.1, -0.05) is 18.2 Å². The second kappa shape index (κ2) is 7.11. The molecule has 0 aliphatic heterocycles. The number of nitrogens with zero attached hydrogens (tertiary/aromatic N) is 1. The molecule has 2 aromatic carbocycles. The first-order chi connectivity index (χ1) is 10.2. The van der Waals surface area contributed by atoms with Crippen LogP contribution in [0.25, 0.3) is 0 Å². The Hall–Kier alpha value is -2.80. The molecule has 0 bridgehead atoms. The highest BCUT2D eigenvalue weighted by Crippen LogP contribution is 2.16. The maximum atomic E-state index is 11.6. The average Bonchev–Trinajstić information content (AvgIpc) is 2.53. The first kappa shape index (κ1) is 14.6. The molecule has 0 unspecified atom stereocenters. The van der Waals surface area contributed by atoms with Gasteiger partial charge in [0.1, 0.15) is 12.4 Å². The summed E-state index contributed by atoms with van der Waals surface area (Å²) in [5.41, 5.74) is 1.95. The lowest BCUT2D eigenvalue weighted by molar-refractivity contribution is 0.0526. The third-order valence-corrected chi connectivity index (χ3v) is 2.81. The molecule has 21 heavy (non-hydrogen) atoms. The normalized spacial score (nSPS) is 9.71. The predicted octanol–water partition coefficient (Wildman–Crippen LogP) is 3.31. The topological polar surface area (TPSA) is 59.3 Å². The first-order valence-corrected chi connectivity index (χ1v) is 6.62. The van der Waals surface area contributed by atoms with E-state index in [4.69, 9.17) is 14.7 Å². The largest absolute Gasteiger partial charge is 0.489 e. The van der Waals surface area contributed by atoms with Crippen LogP contribution in [0.1, 0.15) is 28.4 Å². The summed E-state index contributed by atoms with van der Waals surface area (Å²) in [5.74, 6) is 0.220. The van der Waals surface area contributed by atoms with Gasteiger partial charge in [-0.05, 0) is 42.8 Å². The lowest BCUT2D eigenvalue weighted by Crippen LogP contribution is -2.05. The summed E-state index contributed by atoms with van der Waals surface area (Å²) in [6, 6.07) is 16.1. The molecule has 0 spiro atoms. The number of esters is 1. The van der Waals surface area contributed by atoms with Crippen molar-refractivity contribution in [3.8, 4) is 11.8 Å². The molecule has 0 fully saturated rings. The van der Waals surface area contributed by atoms with Crippen LogP contribution in [0, 0.1) is 11.3 Å². The van der Waals surface area contributed by atoms with Crippen molar-refractivity contribution in [1.82, 2.24) is 0 Å². The highest BCUT2D eigenvalue weighted by molar-refractivity contribution is 5.89. The zero-order valence-corrected chi connectivity index (χ0v) is 11.7. The first-order valence-electron chi connectivity index (χ1n) is 6.62. The van der Waals surface area contributed by atoms with Crippen LogP contribution in [0.15, 0.2) is 48.5 Å². The Bertz CT molecular complexity index is 674. The van der Waals surface area contributed by atoms with Gasteiger partial charge in [0.2, 0.25) is 0 Å². The van der Waals surface area contributed by atoms with Gasteiger partial charge in [0.15, 0.2) is 0 Å². The molecule has 106 valence electrons. The number of carbonyl (C=O) groups excluding carboxylic acids is 1. The van der Waals surface area contributed by atoms with Crippen LogP contribution in [0.5, 0.6) is 5.75 Å². The molecule has 0 heterocycles. The summed E-state index contributed by atoms with van der Waals surface area (Å²) in [7, 11) is 0. The van der Waals surface area contributed by atoms with Gasteiger partial charge in [0.05, 0.1) is 23.8 Å². The molecular formula is C17H15NO3. The van der Waals surface area contributed by atoms with Crippen molar-refractivity contribution in [3.05, 3.63) is 65.2 Å². The smallest absolute Gasteiger partial charge is 0.338 e. The van der Waals surface area contributed by atoms with E-state index in [2.05, 4.69) is 6.07 Å². The van der Waals surface area contributed by atoms with Crippen LogP contribution in [-0.2, 0) is 11.3 Å². The van der Waals surface area contributed by atoms with Crippen LogP contribution in [-0.4, -0.2) is 12.6 Å². The molecule has 0 saturated heterocycles. The quantitative estimate of drug-likeness (QED) is 0.789. The molecule has 0 N–H and O–H groups in total. The summed E-state index contributed by atoms with van der Waals surface area (Å²) in [4.78, 5) is 11.6. The molecule has 0 saturated carbocycles. The van der Waals surface area contributed by atoms with Crippen LogP contribution >= 0.6 is 0 Å². The predicted molar refractivity (Wildman–Crippen MR) is 77.9 cm³/mol. The van der Waals surface area contributed by atoms with Crippen molar-refractivity contribution in [3.63, 3.8) is 0 Å². The minimum absolute atomic E-state index is 0.335. The van der Waals surface area contributed by atoms with Crippen molar-refractivity contribution in [2.75, 3.05) is 6.61 Å². The number of ether oxygens (including phenoxy) is 2. The van der Waals surface area contributed by atoms with Crippen molar-refractivity contribution in [2.45, 2.75) is 13.5 Å². The van der Waals surface area contributed by atoms with Gasteiger partial charge >= 0.3 is 5.97 Å². The monoisotopic (exact) mass is 281 g/mol. The summed E-state index contributed by atoms with van der Waals surface area (Å²) in [6.07, 6.45) is 0. The van der Waals surface area contributed by atoms with Gasteiger partial charge in [-0.3, -0.25) is 0 Å². The van der Waals surface area contributed by atoms with Crippen LogP contribution < -0.4 is 4.74 Å². The van der Waals surface area contributed by atoms with E-state index in [1.807, 2.05) is 12.1 Å². The minimum Gasteiger partial charge on any atom is -0.489 e. The Balaban J connectivity index is 2.04. The molecule has 0 atom stereocenters. The van der Waals surface area contributed by atoms with Crippen LogP contribution in [0.4, 0.5) is 0 Å². The highest BCUT2D eigenvalue weighted by Gasteiger charge is 2.07. The van der Waals surface area contributed by atoms with Gasteiger partial charge < -0.3 is 9.47 Å². The molecule has 4 heteroatoms. The number of nitriles is 1. The second-order valence-electron chi connectivity index (χ2n) is 4.35. The Morgan fingerprint density at radius 3 is 2.76 bits per heavy atom. The summed E-state index contributed by atoms with van der Waals surface area (Å²) in [5, 5.41) is 8.85. The molecule has 0 aliphatic rings. The van der Waals surface area contributed by atoms with Crippen molar-refractivity contribution < 1.29 is 14.3 Å². The van der Waals surface area contributed by atoms with Gasteiger partial charge in [-0.25, -0.2) is 4.79 Å². The van der Waals surface area contributed by atoms with Gasteiger partial charge in [-0.2, -0.15) is 5.26 Å². The SMILES string of the molecule is CCOC(=O)c1cccc(OCc2cccc(C#N)c2)c1. The van der Waals surface area contributed by atoms with E-state index >= 15 is 0 Å². The fraction of sp³-hybridized carbons (Fsp3) is 0.176. The average molecular weight is 281 g/mol. The Morgan fingerprint density at radius 1 is 1.19 bits per heavy atom. The second-order valence-corrected chi connectivity index (χ2v) is 4.35. The molecule has 2 aromatic rings. The van der Waals surface area contributed by atoms with Crippen LogP contribution in [0.3, 0.4) is 0 Å². The third kappa shape index (κ3) is 4.08. The molecule has 2 rings (SSSR count). The number of benzene rings is 2. The Labute approximate surface area is 123 Å². The van der Waals surface area contributed by atoms with Crippen molar-refractivity contribution in [1.29, 1.82) is 5.26 Å². The van der Waals surface area contributed by atoms with E-state index in [0.29, 0.717) is 30.1 Å². The molecular weight excluding hydrogens is 266 g/mol. The van der Waals surface area contributed by atoms with E-state index in [9.17, 15) is 4.79 Å². The maximum Gasteiger partial charge on any atom is 0.338 e. The van der Waals surface area contributed by atoms with Gasteiger partial charge in [0, 0.05) is 0 Å². The van der Waals surface area contributed by atoms with E-state index in [1.165, 1.54) is 0 Å². The summed E-state index contributed by atoms with van der Waals surface area (Å²) < 4.78 is 10.6. The number of hydrogen-bond donors (Lipinski definition) is 0. The van der Waals surface area contributed by atoms with E-state index in [-0.39, 0.29) is 5.97 Å².